The summed E-state index contributed by atoms with van der Waals surface area (Å²) >= 11 is 0. The summed E-state index contributed by atoms with van der Waals surface area (Å²) in [7, 11) is 1.64. The van der Waals surface area contributed by atoms with Crippen LogP contribution in [0.25, 0.3) is 11.0 Å². The van der Waals surface area contributed by atoms with Crippen molar-refractivity contribution in [3.8, 4) is 5.75 Å². The average Bonchev–Trinajstić information content (AvgIpc) is 3.51. The molecule has 0 unspecified atom stereocenters. The molecule has 5 rings (SSSR count). The molecule has 1 aromatic heterocycles. The zero-order chi connectivity index (χ0) is 20.0. The van der Waals surface area contributed by atoms with Gasteiger partial charge in [-0.25, -0.2) is 4.98 Å². The summed E-state index contributed by atoms with van der Waals surface area (Å²) in [6, 6.07) is 14.4. The standard InChI is InChI=1S/C23H26N2O4/c1-14-24-19-18(25(14)16-8-9-16)11-10-17-22(19)29-21(15-6-4-3-5-7-15)20(26)23(17)28-13-12-27-2/h3-7,10-11,16,20-21,23,26H,8-9,12-13H2,1-2H3/t20-,21-,23+/m1/s1. The van der Waals surface area contributed by atoms with E-state index >= 15 is 0 Å². The molecule has 0 radical (unpaired) electrons. The average molecular weight is 394 g/mol. The molecule has 0 amide bonds. The van der Waals surface area contributed by atoms with Crippen LogP contribution in [-0.2, 0) is 9.47 Å². The molecule has 3 atom stereocenters. The molecule has 1 N–H and O–H groups in total. The summed E-state index contributed by atoms with van der Waals surface area (Å²) in [4.78, 5) is 4.85. The van der Waals surface area contributed by atoms with Crippen LogP contribution in [0.3, 0.4) is 0 Å². The Morgan fingerprint density at radius 3 is 2.66 bits per heavy atom. The largest absolute Gasteiger partial charge is 0.480 e. The lowest BCUT2D eigenvalue weighted by Crippen LogP contribution is -2.36. The fourth-order valence-corrected chi connectivity index (χ4v) is 4.30. The second kappa shape index (κ2) is 7.44. The Labute approximate surface area is 170 Å². The third-order valence-corrected chi connectivity index (χ3v) is 5.82. The van der Waals surface area contributed by atoms with Gasteiger partial charge in [-0.2, -0.15) is 0 Å². The molecule has 0 bridgehead atoms. The third kappa shape index (κ3) is 3.21. The number of rotatable bonds is 6. The predicted molar refractivity (Wildman–Crippen MR) is 109 cm³/mol. The van der Waals surface area contributed by atoms with Crippen LogP contribution in [0.15, 0.2) is 42.5 Å². The zero-order valence-corrected chi connectivity index (χ0v) is 16.7. The molecule has 1 aliphatic heterocycles. The van der Waals surface area contributed by atoms with Gasteiger partial charge in [-0.15, -0.1) is 0 Å². The number of aromatic nitrogens is 2. The van der Waals surface area contributed by atoms with Crippen LogP contribution in [0.5, 0.6) is 5.75 Å². The maximum atomic E-state index is 11.1. The lowest BCUT2D eigenvalue weighted by molar-refractivity contribution is -0.108. The molecule has 29 heavy (non-hydrogen) atoms. The number of hydrogen-bond acceptors (Lipinski definition) is 5. The fraction of sp³-hybridized carbons (Fsp3) is 0.435. The second-order valence-corrected chi connectivity index (χ2v) is 7.84. The van der Waals surface area contributed by atoms with Gasteiger partial charge in [0.05, 0.1) is 18.7 Å². The molecule has 0 saturated heterocycles. The Kier molecular flexibility index (Phi) is 4.78. The van der Waals surface area contributed by atoms with Crippen LogP contribution in [0.2, 0.25) is 0 Å². The van der Waals surface area contributed by atoms with E-state index in [0.717, 1.165) is 28.0 Å². The van der Waals surface area contributed by atoms with Crippen LogP contribution < -0.4 is 4.74 Å². The van der Waals surface area contributed by atoms with E-state index in [0.29, 0.717) is 25.0 Å². The van der Waals surface area contributed by atoms with Gasteiger partial charge in [-0.05, 0) is 31.4 Å². The highest BCUT2D eigenvalue weighted by Crippen LogP contribution is 2.47. The van der Waals surface area contributed by atoms with Crippen molar-refractivity contribution in [2.75, 3.05) is 20.3 Å². The summed E-state index contributed by atoms with van der Waals surface area (Å²) in [5.41, 5.74) is 3.69. The Hall–Kier alpha value is -2.41. The molecule has 2 aliphatic rings. The van der Waals surface area contributed by atoms with E-state index in [2.05, 4.69) is 10.6 Å². The minimum Gasteiger partial charge on any atom is -0.480 e. The molecular weight excluding hydrogens is 368 g/mol. The molecule has 1 fully saturated rings. The summed E-state index contributed by atoms with van der Waals surface area (Å²) in [6.45, 7) is 2.91. The molecule has 6 nitrogen and oxygen atoms in total. The van der Waals surface area contributed by atoms with E-state index in [4.69, 9.17) is 19.2 Å². The van der Waals surface area contributed by atoms with Crippen LogP contribution in [0.4, 0.5) is 0 Å². The molecule has 2 heterocycles. The third-order valence-electron chi connectivity index (χ3n) is 5.82. The number of hydrogen-bond donors (Lipinski definition) is 1. The van der Waals surface area contributed by atoms with Gasteiger partial charge >= 0.3 is 0 Å². The number of aliphatic hydroxyl groups excluding tert-OH is 1. The SMILES string of the molecule is COCCO[C@H]1c2ccc3c(nc(C)n3C3CC3)c2O[C@H](c2ccccc2)[C@H]1O. The van der Waals surface area contributed by atoms with E-state index in [9.17, 15) is 5.11 Å². The maximum Gasteiger partial charge on any atom is 0.154 e. The number of aliphatic hydroxyl groups is 1. The van der Waals surface area contributed by atoms with Crippen molar-refractivity contribution >= 4 is 11.0 Å². The van der Waals surface area contributed by atoms with Crippen molar-refractivity contribution in [1.29, 1.82) is 0 Å². The van der Waals surface area contributed by atoms with Gasteiger partial charge in [0.2, 0.25) is 0 Å². The summed E-state index contributed by atoms with van der Waals surface area (Å²) in [5.74, 6) is 1.71. The number of benzene rings is 2. The van der Waals surface area contributed by atoms with Gasteiger partial charge in [0.25, 0.3) is 0 Å². The van der Waals surface area contributed by atoms with Crippen molar-refractivity contribution in [2.24, 2.45) is 0 Å². The Bertz CT molecular complexity index is 1010. The minimum atomic E-state index is -0.828. The number of imidazole rings is 1. The molecule has 152 valence electrons. The molecule has 6 heteroatoms. The number of nitrogens with zero attached hydrogens (tertiary/aromatic N) is 2. The highest BCUT2D eigenvalue weighted by atomic mass is 16.5. The smallest absolute Gasteiger partial charge is 0.154 e. The normalized spacial score (nSPS) is 23.8. The minimum absolute atomic E-state index is 0.396. The maximum absolute atomic E-state index is 11.1. The first kappa shape index (κ1) is 18.6. The first-order valence-electron chi connectivity index (χ1n) is 10.2. The monoisotopic (exact) mass is 394 g/mol. The van der Waals surface area contributed by atoms with Crippen LogP contribution in [-0.4, -0.2) is 41.1 Å². The topological polar surface area (TPSA) is 65.7 Å². The van der Waals surface area contributed by atoms with Gasteiger partial charge in [0.1, 0.15) is 23.5 Å². The van der Waals surface area contributed by atoms with Crippen molar-refractivity contribution in [3.63, 3.8) is 0 Å². The number of aryl methyl sites for hydroxylation is 1. The lowest BCUT2D eigenvalue weighted by atomic mass is 9.91. The summed E-state index contributed by atoms with van der Waals surface area (Å²) in [6.07, 6.45) is 0.533. The molecule has 1 aliphatic carbocycles. The fourth-order valence-electron chi connectivity index (χ4n) is 4.30. The first-order valence-corrected chi connectivity index (χ1v) is 10.2. The van der Waals surface area contributed by atoms with Crippen molar-refractivity contribution in [3.05, 3.63) is 59.4 Å². The number of ether oxygens (including phenoxy) is 3. The molecule has 3 aromatic rings. The molecular formula is C23H26N2O4. The Morgan fingerprint density at radius 1 is 1.14 bits per heavy atom. The van der Waals surface area contributed by atoms with E-state index in [1.807, 2.05) is 43.3 Å². The van der Waals surface area contributed by atoms with Gasteiger partial charge in [-0.1, -0.05) is 36.4 Å². The summed E-state index contributed by atoms with van der Waals surface area (Å²) in [5, 5.41) is 11.1. The Balaban J connectivity index is 1.62. The van der Waals surface area contributed by atoms with Crippen LogP contribution in [0.1, 0.15) is 48.0 Å². The second-order valence-electron chi connectivity index (χ2n) is 7.84. The first-order chi connectivity index (χ1) is 14.2. The van der Waals surface area contributed by atoms with E-state index < -0.39 is 18.3 Å². The highest BCUT2D eigenvalue weighted by molar-refractivity contribution is 5.85. The molecule has 2 aromatic carbocycles. The van der Waals surface area contributed by atoms with Gasteiger partial charge in [0, 0.05) is 18.7 Å². The van der Waals surface area contributed by atoms with E-state index in [-0.39, 0.29) is 0 Å². The highest BCUT2D eigenvalue weighted by Gasteiger charge is 2.41. The number of fused-ring (bicyclic) bond motifs is 3. The number of methoxy groups -OCH3 is 1. The van der Waals surface area contributed by atoms with Crippen LogP contribution in [0, 0.1) is 6.92 Å². The predicted octanol–water partition coefficient (Wildman–Crippen LogP) is 3.88. The zero-order valence-electron chi connectivity index (χ0n) is 16.7. The van der Waals surface area contributed by atoms with E-state index in [1.165, 1.54) is 12.8 Å². The van der Waals surface area contributed by atoms with Crippen LogP contribution >= 0.6 is 0 Å². The van der Waals surface area contributed by atoms with Gasteiger partial charge in [0.15, 0.2) is 11.9 Å². The molecule has 0 spiro atoms. The van der Waals surface area contributed by atoms with Gasteiger partial charge in [-0.3, -0.25) is 0 Å². The quantitative estimate of drug-likeness (QED) is 0.643. The van der Waals surface area contributed by atoms with Crippen molar-refractivity contribution in [2.45, 2.75) is 44.1 Å². The van der Waals surface area contributed by atoms with Crippen molar-refractivity contribution < 1.29 is 19.3 Å². The van der Waals surface area contributed by atoms with E-state index in [1.54, 1.807) is 7.11 Å². The van der Waals surface area contributed by atoms with Crippen molar-refractivity contribution in [1.82, 2.24) is 9.55 Å². The van der Waals surface area contributed by atoms with Gasteiger partial charge < -0.3 is 23.9 Å². The summed E-state index contributed by atoms with van der Waals surface area (Å²) < 4.78 is 19.9. The lowest BCUT2D eigenvalue weighted by Gasteiger charge is -2.37. The Morgan fingerprint density at radius 2 is 1.93 bits per heavy atom. The molecule has 1 saturated carbocycles.